The number of guanidine groups is 1. The predicted molar refractivity (Wildman–Crippen MR) is 92.0 cm³/mol. The van der Waals surface area contributed by atoms with Gasteiger partial charge in [0.15, 0.2) is 5.96 Å². The maximum atomic E-state index is 5.92. The van der Waals surface area contributed by atoms with Gasteiger partial charge in [0.05, 0.1) is 11.6 Å². The Balaban J connectivity index is 1.46. The van der Waals surface area contributed by atoms with E-state index in [4.69, 9.17) is 4.74 Å². The Kier molecular flexibility index (Phi) is 5.42. The highest BCUT2D eigenvalue weighted by Gasteiger charge is 2.26. The van der Waals surface area contributed by atoms with Crippen LogP contribution in [0.25, 0.3) is 0 Å². The zero-order chi connectivity index (χ0) is 15.9. The maximum Gasteiger partial charge on any atom is 0.213 e. The van der Waals surface area contributed by atoms with Crippen molar-refractivity contribution in [2.45, 2.75) is 18.9 Å². The molecule has 0 spiro atoms. The van der Waals surface area contributed by atoms with E-state index in [0.717, 1.165) is 43.4 Å². The number of nitrogens with one attached hydrogen (secondary N) is 1. The molecule has 1 aliphatic rings. The molecule has 2 aromatic heterocycles. The van der Waals surface area contributed by atoms with Crippen molar-refractivity contribution in [2.24, 2.45) is 4.99 Å². The molecule has 1 fully saturated rings. The van der Waals surface area contributed by atoms with Crippen LogP contribution >= 0.6 is 11.3 Å². The van der Waals surface area contributed by atoms with Crippen molar-refractivity contribution in [3.8, 4) is 5.88 Å². The number of aliphatic imine (C=N–C) groups is 1. The number of pyridine rings is 1. The van der Waals surface area contributed by atoms with E-state index >= 15 is 0 Å². The van der Waals surface area contributed by atoms with Crippen LogP contribution in [-0.2, 0) is 6.42 Å². The number of thiazole rings is 1. The fourth-order valence-corrected chi connectivity index (χ4v) is 3.21. The maximum absolute atomic E-state index is 5.92. The van der Waals surface area contributed by atoms with Crippen LogP contribution in [0, 0.1) is 0 Å². The largest absolute Gasteiger partial charge is 0.472 e. The number of ether oxygens (including phenoxy) is 1. The molecule has 0 aromatic carbocycles. The van der Waals surface area contributed by atoms with Crippen LogP contribution in [0.5, 0.6) is 5.88 Å². The van der Waals surface area contributed by atoms with E-state index in [1.165, 1.54) is 0 Å². The lowest BCUT2D eigenvalue weighted by molar-refractivity contribution is 0.205. The molecule has 0 bridgehead atoms. The van der Waals surface area contributed by atoms with Crippen molar-refractivity contribution in [3.05, 3.63) is 41.0 Å². The van der Waals surface area contributed by atoms with Crippen LogP contribution in [0.4, 0.5) is 0 Å². The van der Waals surface area contributed by atoms with Crippen LogP contribution in [0.2, 0.25) is 0 Å². The first-order valence-electron chi connectivity index (χ1n) is 7.77. The van der Waals surface area contributed by atoms with E-state index in [2.05, 4.69) is 25.2 Å². The molecule has 0 amide bonds. The Bertz CT molecular complexity index is 617. The van der Waals surface area contributed by atoms with Gasteiger partial charge in [0.1, 0.15) is 6.10 Å². The van der Waals surface area contributed by atoms with E-state index < -0.39 is 0 Å². The van der Waals surface area contributed by atoms with E-state index in [1.807, 2.05) is 36.8 Å². The minimum atomic E-state index is 0.155. The van der Waals surface area contributed by atoms with Crippen molar-refractivity contribution in [1.29, 1.82) is 0 Å². The normalized spacial score (nSPS) is 18.2. The molecule has 6 nitrogen and oxygen atoms in total. The second-order valence-corrected chi connectivity index (χ2v) is 6.27. The molecule has 3 rings (SSSR count). The van der Waals surface area contributed by atoms with Gasteiger partial charge in [-0.2, -0.15) is 0 Å². The molecule has 122 valence electrons. The molecule has 1 unspecified atom stereocenters. The third-order valence-electron chi connectivity index (χ3n) is 3.69. The molecule has 7 heteroatoms. The van der Waals surface area contributed by atoms with Gasteiger partial charge in [-0.15, -0.1) is 11.3 Å². The Morgan fingerprint density at radius 3 is 3.13 bits per heavy atom. The molecule has 23 heavy (non-hydrogen) atoms. The lowest BCUT2D eigenvalue weighted by atomic mass is 10.3. The summed E-state index contributed by atoms with van der Waals surface area (Å²) in [6.45, 7) is 2.60. The Morgan fingerprint density at radius 2 is 2.39 bits per heavy atom. The average Bonchev–Trinajstić information content (AvgIpc) is 3.25. The quantitative estimate of drug-likeness (QED) is 0.669. The summed E-state index contributed by atoms with van der Waals surface area (Å²) < 4.78 is 5.92. The Labute approximate surface area is 140 Å². The van der Waals surface area contributed by atoms with Gasteiger partial charge in [0, 0.05) is 56.8 Å². The molecule has 0 saturated carbocycles. The summed E-state index contributed by atoms with van der Waals surface area (Å²) in [5.74, 6) is 1.61. The molecule has 2 aromatic rings. The van der Waals surface area contributed by atoms with E-state index in [0.29, 0.717) is 5.88 Å². The second-order valence-electron chi connectivity index (χ2n) is 5.29. The summed E-state index contributed by atoms with van der Waals surface area (Å²) in [6, 6.07) is 5.72. The van der Waals surface area contributed by atoms with Crippen LogP contribution in [0.1, 0.15) is 11.4 Å². The average molecular weight is 331 g/mol. The van der Waals surface area contributed by atoms with Crippen LogP contribution in [0.15, 0.2) is 41.0 Å². The smallest absolute Gasteiger partial charge is 0.213 e. The molecule has 1 aliphatic heterocycles. The molecular formula is C16H21N5OS. The van der Waals surface area contributed by atoms with Crippen LogP contribution in [0.3, 0.4) is 0 Å². The summed E-state index contributed by atoms with van der Waals surface area (Å²) in [5, 5.41) is 6.55. The van der Waals surface area contributed by atoms with Gasteiger partial charge < -0.3 is 15.0 Å². The van der Waals surface area contributed by atoms with E-state index in [1.54, 1.807) is 17.5 Å². The first-order valence-corrected chi connectivity index (χ1v) is 8.65. The fourth-order valence-electron chi connectivity index (χ4n) is 2.59. The summed E-state index contributed by atoms with van der Waals surface area (Å²) >= 11 is 1.68. The van der Waals surface area contributed by atoms with Gasteiger partial charge >= 0.3 is 0 Å². The lowest BCUT2D eigenvalue weighted by Gasteiger charge is -2.21. The highest BCUT2D eigenvalue weighted by Crippen LogP contribution is 2.16. The molecule has 3 heterocycles. The van der Waals surface area contributed by atoms with Gasteiger partial charge in [0.2, 0.25) is 5.88 Å². The van der Waals surface area contributed by atoms with Gasteiger partial charge in [0.25, 0.3) is 0 Å². The van der Waals surface area contributed by atoms with Gasteiger partial charge in [-0.1, -0.05) is 6.07 Å². The zero-order valence-corrected chi connectivity index (χ0v) is 14.0. The first kappa shape index (κ1) is 15.7. The molecular weight excluding hydrogens is 310 g/mol. The number of likely N-dealkylation sites (tertiary alicyclic amines) is 1. The predicted octanol–water partition coefficient (Wildman–Crippen LogP) is 1.81. The van der Waals surface area contributed by atoms with Crippen molar-refractivity contribution in [1.82, 2.24) is 20.2 Å². The topological polar surface area (TPSA) is 62.6 Å². The second kappa shape index (κ2) is 7.92. The fraction of sp³-hybridized carbons (Fsp3) is 0.438. The first-order chi connectivity index (χ1) is 11.3. The number of hydrogen-bond acceptors (Lipinski definition) is 5. The van der Waals surface area contributed by atoms with Crippen molar-refractivity contribution >= 4 is 17.3 Å². The SMILES string of the molecule is CN=C(NCCc1nccs1)N1CCC(Oc2ccccn2)C1. The summed E-state index contributed by atoms with van der Waals surface area (Å²) in [6.07, 6.45) is 5.64. The molecule has 1 saturated heterocycles. The van der Waals surface area contributed by atoms with Crippen LogP contribution < -0.4 is 10.1 Å². The molecule has 0 radical (unpaired) electrons. The summed E-state index contributed by atoms with van der Waals surface area (Å²) in [7, 11) is 1.82. The monoisotopic (exact) mass is 331 g/mol. The lowest BCUT2D eigenvalue weighted by Crippen LogP contribution is -2.41. The van der Waals surface area contributed by atoms with E-state index in [9.17, 15) is 0 Å². The minimum Gasteiger partial charge on any atom is -0.472 e. The Hall–Kier alpha value is -2.15. The van der Waals surface area contributed by atoms with Gasteiger partial charge in [-0.05, 0) is 6.07 Å². The van der Waals surface area contributed by atoms with Crippen LogP contribution in [-0.4, -0.2) is 53.6 Å². The van der Waals surface area contributed by atoms with Gasteiger partial charge in [-0.25, -0.2) is 9.97 Å². The summed E-state index contributed by atoms with van der Waals surface area (Å²) in [4.78, 5) is 15.1. The van der Waals surface area contributed by atoms with Crippen molar-refractivity contribution in [2.75, 3.05) is 26.7 Å². The molecule has 0 aliphatic carbocycles. The number of aromatic nitrogens is 2. The summed E-state index contributed by atoms with van der Waals surface area (Å²) in [5.41, 5.74) is 0. The number of nitrogens with zero attached hydrogens (tertiary/aromatic N) is 4. The van der Waals surface area contributed by atoms with Crippen molar-refractivity contribution < 1.29 is 4.74 Å². The number of rotatable bonds is 5. The van der Waals surface area contributed by atoms with Gasteiger partial charge in [-0.3, -0.25) is 4.99 Å². The third-order valence-corrected chi connectivity index (χ3v) is 4.53. The molecule has 1 N–H and O–H groups in total. The zero-order valence-electron chi connectivity index (χ0n) is 13.2. The standard InChI is InChI=1S/C16H21N5OS/c1-17-16(20-8-5-15-19-9-11-23-15)21-10-6-13(12-21)22-14-4-2-3-7-18-14/h2-4,7,9,11,13H,5-6,8,10,12H2,1H3,(H,17,20). The number of hydrogen-bond donors (Lipinski definition) is 1. The van der Waals surface area contributed by atoms with E-state index in [-0.39, 0.29) is 6.10 Å². The highest BCUT2D eigenvalue weighted by atomic mass is 32.1. The molecule has 1 atom stereocenters. The highest BCUT2D eigenvalue weighted by molar-refractivity contribution is 7.09. The Morgan fingerprint density at radius 1 is 1.43 bits per heavy atom. The minimum absolute atomic E-state index is 0.155. The van der Waals surface area contributed by atoms with Crippen molar-refractivity contribution in [3.63, 3.8) is 0 Å². The third kappa shape index (κ3) is 4.41.